The van der Waals surface area contributed by atoms with Crippen LogP contribution in [0.3, 0.4) is 0 Å². The molecule has 2 N–H and O–H groups in total. The van der Waals surface area contributed by atoms with E-state index in [1.165, 1.54) is 29.2 Å². The van der Waals surface area contributed by atoms with Crippen molar-refractivity contribution >= 4 is 17.4 Å². The van der Waals surface area contributed by atoms with Crippen LogP contribution in [0, 0.1) is 5.41 Å². The van der Waals surface area contributed by atoms with Gasteiger partial charge in [0.2, 0.25) is 11.8 Å². The fraction of sp³-hybridized carbons (Fsp3) is 0.375. The van der Waals surface area contributed by atoms with E-state index in [0.717, 1.165) is 0 Å². The van der Waals surface area contributed by atoms with Crippen LogP contribution in [0.15, 0.2) is 36.4 Å². The van der Waals surface area contributed by atoms with Crippen LogP contribution in [0.4, 0.5) is 13.2 Å². The molecular formula is C16H17F3N2O2. The van der Waals surface area contributed by atoms with E-state index in [2.05, 4.69) is 0 Å². The molecule has 0 saturated carbocycles. The molecule has 0 radical (unpaired) electrons. The lowest BCUT2D eigenvalue weighted by Gasteiger charge is -2.21. The number of amides is 2. The van der Waals surface area contributed by atoms with Gasteiger partial charge in [0.25, 0.3) is 0 Å². The van der Waals surface area contributed by atoms with Crippen molar-refractivity contribution in [2.45, 2.75) is 19.5 Å². The van der Waals surface area contributed by atoms with Crippen LogP contribution in [0.25, 0.3) is 5.57 Å². The number of allylic oxidation sites excluding steroid dienone is 1. The Morgan fingerprint density at radius 3 is 2.35 bits per heavy atom. The van der Waals surface area contributed by atoms with Crippen molar-refractivity contribution in [3.63, 3.8) is 0 Å². The molecule has 1 aromatic carbocycles. The molecule has 1 aliphatic rings. The van der Waals surface area contributed by atoms with Crippen molar-refractivity contribution < 1.29 is 22.8 Å². The minimum atomic E-state index is -4.65. The van der Waals surface area contributed by atoms with E-state index < -0.39 is 29.0 Å². The fourth-order valence-corrected chi connectivity index (χ4v) is 2.51. The number of benzene rings is 1. The van der Waals surface area contributed by atoms with Gasteiger partial charge in [0.1, 0.15) is 0 Å². The maximum Gasteiger partial charge on any atom is 0.417 e. The van der Waals surface area contributed by atoms with Crippen molar-refractivity contribution in [2.75, 3.05) is 13.1 Å². The zero-order chi connectivity index (χ0) is 17.3. The first-order chi connectivity index (χ1) is 10.6. The van der Waals surface area contributed by atoms with Crippen LogP contribution in [0.5, 0.6) is 0 Å². The average molecular weight is 326 g/mol. The molecule has 0 bridgehead atoms. The van der Waals surface area contributed by atoms with Crippen molar-refractivity contribution in [3.8, 4) is 0 Å². The lowest BCUT2D eigenvalue weighted by Crippen LogP contribution is -2.38. The highest BCUT2D eigenvalue weighted by Gasteiger charge is 2.41. The molecule has 124 valence electrons. The number of carbonyl (C=O) groups excluding carboxylic acids is 2. The van der Waals surface area contributed by atoms with Gasteiger partial charge in [0.05, 0.1) is 11.0 Å². The topological polar surface area (TPSA) is 63.4 Å². The van der Waals surface area contributed by atoms with E-state index in [4.69, 9.17) is 5.73 Å². The Bertz CT molecular complexity index is 640. The number of halogens is 3. The largest absolute Gasteiger partial charge is 0.417 e. The molecule has 7 heteroatoms. The summed E-state index contributed by atoms with van der Waals surface area (Å²) in [6, 6.07) is 7.13. The van der Waals surface area contributed by atoms with Crippen molar-refractivity contribution in [3.05, 3.63) is 42.0 Å². The summed E-state index contributed by atoms with van der Waals surface area (Å²) >= 11 is 0. The molecule has 0 spiro atoms. The van der Waals surface area contributed by atoms with E-state index in [0.29, 0.717) is 12.5 Å². The van der Waals surface area contributed by atoms with Crippen LogP contribution < -0.4 is 5.73 Å². The summed E-state index contributed by atoms with van der Waals surface area (Å²) in [7, 11) is 0. The zero-order valence-corrected chi connectivity index (χ0v) is 12.6. The Morgan fingerprint density at radius 2 is 1.87 bits per heavy atom. The number of nitrogens with zero attached hydrogens (tertiary/aromatic N) is 1. The summed E-state index contributed by atoms with van der Waals surface area (Å²) in [6.07, 6.45) is -3.72. The summed E-state index contributed by atoms with van der Waals surface area (Å²) in [5.74, 6) is -1.33. The van der Waals surface area contributed by atoms with Gasteiger partial charge in [-0.25, -0.2) is 0 Å². The minimum Gasteiger partial charge on any atom is -0.369 e. The third-order valence-corrected chi connectivity index (χ3v) is 4.04. The van der Waals surface area contributed by atoms with Gasteiger partial charge < -0.3 is 10.6 Å². The van der Waals surface area contributed by atoms with Gasteiger partial charge in [-0.3, -0.25) is 9.59 Å². The Morgan fingerprint density at radius 1 is 1.26 bits per heavy atom. The number of rotatable bonds is 3. The van der Waals surface area contributed by atoms with E-state index in [1.54, 1.807) is 13.0 Å². The number of alkyl halides is 3. The van der Waals surface area contributed by atoms with Gasteiger partial charge in [-0.15, -0.1) is 0 Å². The highest BCUT2D eigenvalue weighted by Crippen LogP contribution is 2.35. The van der Waals surface area contributed by atoms with Crippen LogP contribution in [0.1, 0.15) is 18.9 Å². The molecule has 1 atom stereocenters. The lowest BCUT2D eigenvalue weighted by molar-refractivity contribution is -0.128. The summed E-state index contributed by atoms with van der Waals surface area (Å²) in [5.41, 5.74) is 3.31. The Hall–Kier alpha value is -2.31. The van der Waals surface area contributed by atoms with Crippen LogP contribution in [-0.2, 0) is 9.59 Å². The quantitative estimate of drug-likeness (QED) is 0.867. The Labute approximate surface area is 131 Å². The predicted molar refractivity (Wildman–Crippen MR) is 79.0 cm³/mol. The Kier molecular flexibility index (Phi) is 4.49. The molecule has 4 nitrogen and oxygen atoms in total. The monoisotopic (exact) mass is 326 g/mol. The second-order valence-electron chi connectivity index (χ2n) is 5.86. The number of primary amides is 1. The summed E-state index contributed by atoms with van der Waals surface area (Å²) < 4.78 is 39.7. The van der Waals surface area contributed by atoms with Gasteiger partial charge in [-0.05, 0) is 18.9 Å². The van der Waals surface area contributed by atoms with Gasteiger partial charge in [0, 0.05) is 19.2 Å². The maximum absolute atomic E-state index is 13.2. The third-order valence-electron chi connectivity index (χ3n) is 4.04. The SMILES string of the molecule is CC1(C(N)=O)CCN(C(=O)/C=C(/c2ccccc2)C(F)(F)F)C1. The van der Waals surface area contributed by atoms with Gasteiger partial charge in [0.15, 0.2) is 0 Å². The standard InChI is InChI=1S/C16H17F3N2O2/c1-15(14(20)23)7-8-21(10-15)13(22)9-12(16(17,18)19)11-5-3-2-4-6-11/h2-6,9H,7-8,10H2,1H3,(H2,20,23)/b12-9-. The molecule has 2 amide bonds. The zero-order valence-electron chi connectivity index (χ0n) is 12.6. The molecule has 1 aromatic rings. The second-order valence-corrected chi connectivity index (χ2v) is 5.86. The number of carbonyl (C=O) groups is 2. The Balaban J connectivity index is 2.27. The lowest BCUT2D eigenvalue weighted by atomic mass is 9.89. The highest BCUT2D eigenvalue weighted by molar-refractivity contribution is 5.97. The normalized spacial score (nSPS) is 22.3. The van der Waals surface area contributed by atoms with Crippen LogP contribution >= 0.6 is 0 Å². The first-order valence-electron chi connectivity index (χ1n) is 7.07. The average Bonchev–Trinajstić information content (AvgIpc) is 2.88. The van der Waals surface area contributed by atoms with Crippen LogP contribution in [-0.4, -0.2) is 36.0 Å². The molecule has 1 saturated heterocycles. The molecule has 1 unspecified atom stereocenters. The van der Waals surface area contributed by atoms with Gasteiger partial charge in [-0.1, -0.05) is 30.3 Å². The van der Waals surface area contributed by atoms with E-state index in [9.17, 15) is 22.8 Å². The maximum atomic E-state index is 13.2. The highest BCUT2D eigenvalue weighted by atomic mass is 19.4. The van der Waals surface area contributed by atoms with E-state index in [-0.39, 0.29) is 18.7 Å². The molecule has 23 heavy (non-hydrogen) atoms. The smallest absolute Gasteiger partial charge is 0.369 e. The van der Waals surface area contributed by atoms with Crippen molar-refractivity contribution in [1.29, 1.82) is 0 Å². The van der Waals surface area contributed by atoms with Gasteiger partial charge >= 0.3 is 6.18 Å². The van der Waals surface area contributed by atoms with Crippen molar-refractivity contribution in [1.82, 2.24) is 4.90 Å². The third kappa shape index (κ3) is 3.72. The number of nitrogens with two attached hydrogens (primary N) is 1. The summed E-state index contributed by atoms with van der Waals surface area (Å²) in [5, 5.41) is 0. The van der Waals surface area contributed by atoms with Gasteiger partial charge in [-0.2, -0.15) is 13.2 Å². The molecule has 1 heterocycles. The number of hydrogen-bond acceptors (Lipinski definition) is 2. The molecule has 0 aromatic heterocycles. The molecule has 1 fully saturated rings. The fourth-order valence-electron chi connectivity index (χ4n) is 2.51. The molecule has 0 aliphatic carbocycles. The first kappa shape index (κ1) is 17.1. The summed E-state index contributed by atoms with van der Waals surface area (Å²) in [4.78, 5) is 24.8. The molecule has 1 aliphatic heterocycles. The summed E-state index contributed by atoms with van der Waals surface area (Å²) in [6.45, 7) is 1.83. The molecular weight excluding hydrogens is 309 g/mol. The second kappa shape index (κ2) is 6.06. The van der Waals surface area contributed by atoms with Crippen LogP contribution in [0.2, 0.25) is 0 Å². The molecule has 2 rings (SSSR count). The number of hydrogen-bond donors (Lipinski definition) is 1. The first-order valence-corrected chi connectivity index (χ1v) is 7.07. The minimum absolute atomic E-state index is 0.0254. The van der Waals surface area contributed by atoms with E-state index in [1.807, 2.05) is 0 Å². The predicted octanol–water partition coefficient (Wildman–Crippen LogP) is 2.36. The number of likely N-dealkylation sites (tertiary alicyclic amines) is 1. The van der Waals surface area contributed by atoms with Crippen molar-refractivity contribution in [2.24, 2.45) is 11.1 Å². The van der Waals surface area contributed by atoms with E-state index >= 15 is 0 Å².